The Morgan fingerprint density at radius 3 is 2.57 bits per heavy atom. The zero-order chi connectivity index (χ0) is 20.1. The summed E-state index contributed by atoms with van der Waals surface area (Å²) in [5.41, 5.74) is 1.72. The van der Waals surface area contributed by atoms with Crippen molar-refractivity contribution >= 4 is 32.7 Å². The first-order valence-electron chi connectivity index (χ1n) is 10.1. The van der Waals surface area contributed by atoms with E-state index in [1.807, 2.05) is 28.8 Å². The maximum atomic E-state index is 12.5. The molecule has 1 heterocycles. The molecule has 1 N–H and O–H groups in total. The van der Waals surface area contributed by atoms with Crippen LogP contribution in [0.15, 0.2) is 24.3 Å². The van der Waals surface area contributed by atoms with Gasteiger partial charge in [-0.15, -0.1) is 0 Å². The number of benzene rings is 1. The standard InChI is InChI=1S/C20H30N4O3S/c1-3-23(4-2)13-14-24-18-12-8-7-11-17(18)21-20(24)22-19(25)15-28(26,27)16-9-5-6-10-16/h7-8,11-12,16H,3-6,9-10,13-15H2,1-2H3,(H,21,22,25). The zero-order valence-electron chi connectivity index (χ0n) is 16.7. The van der Waals surface area contributed by atoms with Gasteiger partial charge in [0.05, 0.1) is 16.3 Å². The maximum Gasteiger partial charge on any atom is 0.241 e. The van der Waals surface area contributed by atoms with E-state index in [0.717, 1.165) is 43.5 Å². The Labute approximate surface area is 167 Å². The largest absolute Gasteiger partial charge is 0.309 e. The highest BCUT2D eigenvalue weighted by atomic mass is 32.2. The third-order valence-electron chi connectivity index (χ3n) is 5.58. The van der Waals surface area contributed by atoms with Crippen LogP contribution in [-0.4, -0.2) is 59.4 Å². The van der Waals surface area contributed by atoms with Gasteiger partial charge in [-0.3, -0.25) is 10.1 Å². The molecule has 0 bridgehead atoms. The fourth-order valence-corrected chi connectivity index (χ4v) is 5.61. The van der Waals surface area contributed by atoms with E-state index >= 15 is 0 Å². The summed E-state index contributed by atoms with van der Waals surface area (Å²) < 4.78 is 26.9. The number of nitrogens with one attached hydrogen (secondary N) is 1. The van der Waals surface area contributed by atoms with Gasteiger partial charge in [0.1, 0.15) is 5.75 Å². The summed E-state index contributed by atoms with van der Waals surface area (Å²) in [6.45, 7) is 7.64. The van der Waals surface area contributed by atoms with Gasteiger partial charge in [-0.05, 0) is 38.1 Å². The van der Waals surface area contributed by atoms with Crippen LogP contribution in [0.3, 0.4) is 0 Å². The summed E-state index contributed by atoms with van der Waals surface area (Å²) >= 11 is 0. The molecule has 7 nitrogen and oxygen atoms in total. The maximum absolute atomic E-state index is 12.5. The smallest absolute Gasteiger partial charge is 0.241 e. The Bertz CT molecular complexity index is 913. The molecule has 28 heavy (non-hydrogen) atoms. The number of fused-ring (bicyclic) bond motifs is 1. The predicted molar refractivity (Wildman–Crippen MR) is 112 cm³/mol. The Morgan fingerprint density at radius 2 is 1.89 bits per heavy atom. The lowest BCUT2D eigenvalue weighted by molar-refractivity contribution is -0.114. The SMILES string of the molecule is CCN(CC)CCn1c(NC(=O)CS(=O)(=O)C2CCCC2)nc2ccccc21. The highest BCUT2D eigenvalue weighted by Gasteiger charge is 2.31. The van der Waals surface area contributed by atoms with Crippen LogP contribution in [0.5, 0.6) is 0 Å². The molecular weight excluding hydrogens is 376 g/mol. The van der Waals surface area contributed by atoms with Crippen LogP contribution in [0, 0.1) is 0 Å². The van der Waals surface area contributed by atoms with Gasteiger partial charge < -0.3 is 9.47 Å². The first-order chi connectivity index (χ1) is 13.4. The number of likely N-dealkylation sites (N-methyl/N-ethyl adjacent to an activating group) is 1. The monoisotopic (exact) mass is 406 g/mol. The lowest BCUT2D eigenvalue weighted by Crippen LogP contribution is -2.31. The van der Waals surface area contributed by atoms with E-state index in [0.29, 0.717) is 25.3 Å². The Balaban J connectivity index is 1.77. The van der Waals surface area contributed by atoms with Gasteiger partial charge in [0.25, 0.3) is 0 Å². The van der Waals surface area contributed by atoms with E-state index in [2.05, 4.69) is 29.0 Å². The number of nitrogens with zero attached hydrogens (tertiary/aromatic N) is 3. The molecule has 0 saturated heterocycles. The molecule has 1 aliphatic carbocycles. The molecule has 1 aromatic carbocycles. The number of imidazole rings is 1. The van der Waals surface area contributed by atoms with E-state index in [1.54, 1.807) is 0 Å². The van der Waals surface area contributed by atoms with Crippen molar-refractivity contribution in [3.8, 4) is 0 Å². The summed E-state index contributed by atoms with van der Waals surface area (Å²) in [5.74, 6) is -0.567. The van der Waals surface area contributed by atoms with Crippen molar-refractivity contribution in [2.24, 2.45) is 0 Å². The van der Waals surface area contributed by atoms with Crippen LogP contribution in [0.1, 0.15) is 39.5 Å². The first kappa shape index (κ1) is 20.8. The number of rotatable bonds is 9. The molecule has 2 aromatic rings. The number of aromatic nitrogens is 2. The second kappa shape index (κ2) is 9.05. The number of anilines is 1. The van der Waals surface area contributed by atoms with Gasteiger partial charge in [0.15, 0.2) is 9.84 Å². The van der Waals surface area contributed by atoms with E-state index in [-0.39, 0.29) is 5.25 Å². The highest BCUT2D eigenvalue weighted by Crippen LogP contribution is 2.25. The second-order valence-corrected chi connectivity index (χ2v) is 9.65. The van der Waals surface area contributed by atoms with Gasteiger partial charge in [0, 0.05) is 13.1 Å². The lowest BCUT2D eigenvalue weighted by Gasteiger charge is -2.19. The average molecular weight is 407 g/mol. The van der Waals surface area contributed by atoms with E-state index in [4.69, 9.17) is 0 Å². The van der Waals surface area contributed by atoms with Crippen LogP contribution in [0.4, 0.5) is 5.95 Å². The molecule has 1 aromatic heterocycles. The molecule has 0 radical (unpaired) electrons. The minimum Gasteiger partial charge on any atom is -0.309 e. The van der Waals surface area contributed by atoms with Crippen LogP contribution in [0.2, 0.25) is 0 Å². The predicted octanol–water partition coefficient (Wildman–Crippen LogP) is 2.67. The summed E-state index contributed by atoms with van der Waals surface area (Å²) in [5, 5.41) is 2.38. The van der Waals surface area contributed by atoms with Crippen LogP contribution < -0.4 is 5.32 Å². The van der Waals surface area contributed by atoms with Crippen LogP contribution in [0.25, 0.3) is 11.0 Å². The van der Waals surface area contributed by atoms with Crippen molar-refractivity contribution in [3.63, 3.8) is 0 Å². The Kier molecular flexibility index (Phi) is 6.72. The van der Waals surface area contributed by atoms with E-state index in [9.17, 15) is 13.2 Å². The summed E-state index contributed by atoms with van der Waals surface area (Å²) in [4.78, 5) is 19.3. The average Bonchev–Trinajstić information content (AvgIpc) is 3.31. The molecule has 0 spiro atoms. The summed E-state index contributed by atoms with van der Waals surface area (Å²) in [7, 11) is -3.41. The van der Waals surface area contributed by atoms with E-state index in [1.165, 1.54) is 0 Å². The molecule has 8 heteroatoms. The normalized spacial score (nSPS) is 15.5. The number of para-hydroxylation sites is 2. The van der Waals surface area contributed by atoms with Gasteiger partial charge in [0.2, 0.25) is 11.9 Å². The Hall–Kier alpha value is -1.93. The van der Waals surface area contributed by atoms with Gasteiger partial charge in [-0.25, -0.2) is 13.4 Å². The molecule has 0 aliphatic heterocycles. The molecule has 154 valence electrons. The third kappa shape index (κ3) is 4.72. The van der Waals surface area contributed by atoms with Crippen molar-refractivity contribution < 1.29 is 13.2 Å². The number of carbonyl (C=O) groups excluding carboxylic acids is 1. The summed E-state index contributed by atoms with van der Waals surface area (Å²) in [6, 6.07) is 7.71. The third-order valence-corrected chi connectivity index (χ3v) is 7.73. The summed E-state index contributed by atoms with van der Waals surface area (Å²) in [6.07, 6.45) is 3.18. The molecular formula is C20H30N4O3S. The second-order valence-electron chi connectivity index (χ2n) is 7.36. The Morgan fingerprint density at radius 1 is 1.21 bits per heavy atom. The van der Waals surface area contributed by atoms with Gasteiger partial charge in [-0.2, -0.15) is 0 Å². The van der Waals surface area contributed by atoms with Crippen LogP contribution >= 0.6 is 0 Å². The molecule has 3 rings (SSSR count). The van der Waals surface area contributed by atoms with E-state index < -0.39 is 21.5 Å². The number of hydrogen-bond donors (Lipinski definition) is 1. The van der Waals surface area contributed by atoms with Crippen molar-refractivity contribution in [1.29, 1.82) is 0 Å². The molecule has 1 saturated carbocycles. The first-order valence-corrected chi connectivity index (χ1v) is 11.8. The molecule has 0 atom stereocenters. The van der Waals surface area contributed by atoms with Gasteiger partial charge in [-0.1, -0.05) is 38.8 Å². The molecule has 0 unspecified atom stereocenters. The fourth-order valence-electron chi connectivity index (χ4n) is 3.89. The van der Waals surface area contributed by atoms with Crippen LogP contribution in [-0.2, 0) is 21.2 Å². The van der Waals surface area contributed by atoms with Crippen molar-refractivity contribution in [3.05, 3.63) is 24.3 Å². The van der Waals surface area contributed by atoms with Crippen molar-refractivity contribution in [1.82, 2.24) is 14.5 Å². The fraction of sp³-hybridized carbons (Fsp3) is 0.600. The molecule has 1 amide bonds. The molecule has 1 aliphatic rings. The van der Waals surface area contributed by atoms with Gasteiger partial charge >= 0.3 is 0 Å². The van der Waals surface area contributed by atoms with Crippen molar-refractivity contribution in [2.45, 2.75) is 51.3 Å². The lowest BCUT2D eigenvalue weighted by atomic mass is 10.3. The highest BCUT2D eigenvalue weighted by molar-refractivity contribution is 7.92. The zero-order valence-corrected chi connectivity index (χ0v) is 17.5. The number of sulfone groups is 1. The number of carbonyl (C=O) groups is 1. The minimum atomic E-state index is -3.41. The van der Waals surface area contributed by atoms with Crippen molar-refractivity contribution in [2.75, 3.05) is 30.7 Å². The quantitative estimate of drug-likeness (QED) is 0.692. The number of hydrogen-bond acceptors (Lipinski definition) is 5. The minimum absolute atomic E-state index is 0.375. The molecule has 1 fully saturated rings. The topological polar surface area (TPSA) is 84.3 Å². The number of amides is 1.